The molecule has 0 aliphatic rings. The molecule has 0 aliphatic heterocycles. The summed E-state index contributed by atoms with van der Waals surface area (Å²) in [5.74, 6) is -0.540. The summed E-state index contributed by atoms with van der Waals surface area (Å²) in [7, 11) is -3.18. The first-order valence-electron chi connectivity index (χ1n) is 9.41. The second kappa shape index (κ2) is 12.4. The Balaban J connectivity index is 2.75. The van der Waals surface area contributed by atoms with Gasteiger partial charge in [-0.05, 0) is 41.5 Å². The molecule has 0 bridgehead atoms. The zero-order valence-corrected chi connectivity index (χ0v) is 18.6. The normalized spacial score (nSPS) is 11.7. The molecule has 0 aliphatic carbocycles. The van der Waals surface area contributed by atoms with Crippen molar-refractivity contribution in [2.24, 2.45) is 5.41 Å². The lowest BCUT2D eigenvalue weighted by Gasteiger charge is -2.23. The van der Waals surface area contributed by atoms with Crippen molar-refractivity contribution in [1.82, 2.24) is 5.32 Å². The van der Waals surface area contributed by atoms with E-state index in [0.29, 0.717) is 17.5 Å². The van der Waals surface area contributed by atoms with Crippen molar-refractivity contribution in [1.29, 1.82) is 0 Å². The summed E-state index contributed by atoms with van der Waals surface area (Å²) >= 11 is 0. The molecule has 0 radical (unpaired) electrons. The number of carboxylic acid groups (broad SMARTS) is 1. The Morgan fingerprint density at radius 3 is 2.55 bits per heavy atom. The van der Waals surface area contributed by atoms with E-state index in [9.17, 15) is 23.1 Å². The third-order valence-corrected chi connectivity index (χ3v) is 4.92. The van der Waals surface area contributed by atoms with Gasteiger partial charge in [0.2, 0.25) is 0 Å². The van der Waals surface area contributed by atoms with Crippen LogP contribution in [0.4, 0.5) is 4.79 Å². The van der Waals surface area contributed by atoms with Gasteiger partial charge in [-0.25, -0.2) is 13.8 Å². The Hall–Kier alpha value is -2.41. The van der Waals surface area contributed by atoms with E-state index in [2.05, 4.69) is 10.1 Å². The van der Waals surface area contributed by atoms with Gasteiger partial charge in [0, 0.05) is 6.54 Å². The number of carbonyl (C=O) groups excluding carboxylic acids is 1. The number of esters is 1. The summed E-state index contributed by atoms with van der Waals surface area (Å²) in [6, 6.07) is 4.46. The summed E-state index contributed by atoms with van der Waals surface area (Å²) in [6.45, 7) is 2.97. The molecule has 0 atom stereocenters. The smallest absolute Gasteiger partial charge is 0.449 e. The van der Waals surface area contributed by atoms with E-state index in [1.54, 1.807) is 19.9 Å². The number of ether oxygens (including phenoxy) is 2. The number of methoxy groups -OCH3 is 1. The fourth-order valence-corrected chi connectivity index (χ4v) is 3.24. The highest BCUT2D eigenvalue weighted by atomic mass is 32.3. The van der Waals surface area contributed by atoms with Gasteiger partial charge < -0.3 is 29.2 Å². The molecule has 0 aromatic heterocycles. The molecular formula is C19H29NO10S. The van der Waals surface area contributed by atoms with Gasteiger partial charge >= 0.3 is 22.5 Å². The van der Waals surface area contributed by atoms with Crippen LogP contribution in [-0.4, -0.2) is 64.2 Å². The number of hydrogen-bond donors (Lipinski definition) is 3. The molecule has 11 nitrogen and oxygen atoms in total. The van der Waals surface area contributed by atoms with Crippen LogP contribution in [0.2, 0.25) is 0 Å². The first kappa shape index (κ1) is 26.6. The van der Waals surface area contributed by atoms with E-state index in [-0.39, 0.29) is 45.1 Å². The van der Waals surface area contributed by atoms with Gasteiger partial charge in [-0.2, -0.15) is 8.42 Å². The lowest BCUT2D eigenvalue weighted by molar-refractivity contribution is -0.145. The zero-order chi connectivity index (χ0) is 23.5. The quantitative estimate of drug-likeness (QED) is 0.271. The third kappa shape index (κ3) is 11.0. The average molecular weight is 464 g/mol. The van der Waals surface area contributed by atoms with Crippen molar-refractivity contribution < 1.29 is 46.1 Å². The molecule has 0 spiro atoms. The number of benzene rings is 1. The van der Waals surface area contributed by atoms with Gasteiger partial charge in [0.25, 0.3) is 0 Å². The maximum Gasteiger partial charge on any atom is 0.449 e. The summed E-state index contributed by atoms with van der Waals surface area (Å²) < 4.78 is 44.3. The number of carbonyl (C=O) groups is 2. The van der Waals surface area contributed by atoms with E-state index in [1.807, 2.05) is 0 Å². The van der Waals surface area contributed by atoms with Gasteiger partial charge in [-0.3, -0.25) is 0 Å². The number of rotatable bonds is 14. The van der Waals surface area contributed by atoms with Crippen LogP contribution in [0.3, 0.4) is 0 Å². The van der Waals surface area contributed by atoms with Crippen LogP contribution in [0.1, 0.15) is 31.4 Å². The second-order valence-corrected chi connectivity index (χ2v) is 8.60. The summed E-state index contributed by atoms with van der Waals surface area (Å²) in [5, 5.41) is 20.1. The molecule has 12 heteroatoms. The van der Waals surface area contributed by atoms with Crippen LogP contribution in [-0.2, 0) is 41.9 Å². The van der Waals surface area contributed by atoms with Gasteiger partial charge in [0.05, 0.1) is 26.9 Å². The molecule has 0 saturated carbocycles. The zero-order valence-electron chi connectivity index (χ0n) is 17.8. The topological polar surface area (TPSA) is 158 Å². The predicted molar refractivity (Wildman–Crippen MR) is 109 cm³/mol. The van der Waals surface area contributed by atoms with Crippen molar-refractivity contribution in [3.63, 3.8) is 0 Å². The Bertz CT molecular complexity index is 838. The fraction of sp³-hybridized carbons (Fsp3) is 0.579. The van der Waals surface area contributed by atoms with Gasteiger partial charge in [0.1, 0.15) is 12.4 Å². The lowest BCUT2D eigenvalue weighted by atomic mass is 9.91. The van der Waals surface area contributed by atoms with Crippen LogP contribution in [0.15, 0.2) is 18.2 Å². The van der Waals surface area contributed by atoms with Gasteiger partial charge in [-0.15, -0.1) is 0 Å². The van der Waals surface area contributed by atoms with E-state index in [1.165, 1.54) is 19.2 Å². The molecule has 0 fully saturated rings. The molecule has 31 heavy (non-hydrogen) atoms. The minimum absolute atomic E-state index is 0.00391. The summed E-state index contributed by atoms with van der Waals surface area (Å²) in [4.78, 5) is 21.6. The minimum atomic E-state index is -4.41. The molecule has 1 rings (SSSR count). The number of nitrogens with one attached hydrogen (secondary N) is 1. The summed E-state index contributed by atoms with van der Waals surface area (Å²) in [5.41, 5.74) is 0.346. The van der Waals surface area contributed by atoms with Crippen molar-refractivity contribution in [3.8, 4) is 5.75 Å². The fourth-order valence-electron chi connectivity index (χ4n) is 2.35. The maximum absolute atomic E-state index is 12.3. The van der Waals surface area contributed by atoms with Crippen molar-refractivity contribution >= 4 is 22.5 Å². The van der Waals surface area contributed by atoms with Crippen molar-refractivity contribution in [2.75, 3.05) is 33.5 Å². The number of aliphatic hydroxyl groups is 1. The number of hydrogen-bond acceptors (Lipinski definition) is 9. The largest absolute Gasteiger partial charge is 0.467 e. The molecule has 1 aromatic carbocycles. The molecule has 0 heterocycles. The van der Waals surface area contributed by atoms with Crippen LogP contribution < -0.4 is 9.50 Å². The highest BCUT2D eigenvalue weighted by Crippen LogP contribution is 2.25. The van der Waals surface area contributed by atoms with Crippen molar-refractivity contribution in [3.05, 3.63) is 29.3 Å². The molecule has 1 amide bonds. The Morgan fingerprint density at radius 1 is 1.23 bits per heavy atom. The third-order valence-electron chi connectivity index (χ3n) is 4.13. The molecule has 1 aromatic rings. The SMILES string of the molecule is COC(=O)COCCc1cc(CO)ccc1OS(=O)(=O)OCC(C)(C)CCNC(=O)O. The summed E-state index contributed by atoms with van der Waals surface area (Å²) in [6.07, 6.45) is -0.604. The molecule has 176 valence electrons. The second-order valence-electron chi connectivity index (χ2n) is 7.38. The van der Waals surface area contributed by atoms with E-state index >= 15 is 0 Å². The maximum atomic E-state index is 12.3. The standard InChI is InChI=1S/C19H29NO10S/c1-19(2,7-8-20-18(23)24)13-29-31(25,26)30-16-5-4-14(11-21)10-15(16)6-9-28-12-17(22)27-3/h4-5,10,20-21H,6-9,11-13H2,1-3H3,(H,23,24). The van der Waals surface area contributed by atoms with Gasteiger partial charge in [0.15, 0.2) is 0 Å². The molecular weight excluding hydrogens is 434 g/mol. The van der Waals surface area contributed by atoms with E-state index in [0.717, 1.165) is 0 Å². The van der Waals surface area contributed by atoms with Gasteiger partial charge in [-0.1, -0.05) is 19.9 Å². The monoisotopic (exact) mass is 463 g/mol. The molecule has 0 saturated heterocycles. The first-order valence-corrected chi connectivity index (χ1v) is 10.7. The average Bonchev–Trinajstić information content (AvgIpc) is 2.70. The van der Waals surface area contributed by atoms with Crippen LogP contribution >= 0.6 is 0 Å². The Kier molecular flexibility index (Phi) is 10.7. The van der Waals surface area contributed by atoms with Crippen LogP contribution in [0.5, 0.6) is 5.75 Å². The van der Waals surface area contributed by atoms with Crippen LogP contribution in [0, 0.1) is 5.41 Å². The minimum Gasteiger partial charge on any atom is -0.467 e. The Morgan fingerprint density at radius 2 is 1.94 bits per heavy atom. The highest BCUT2D eigenvalue weighted by Gasteiger charge is 2.24. The molecule has 3 N–H and O–H groups in total. The predicted octanol–water partition coefficient (Wildman–Crippen LogP) is 1.24. The first-order chi connectivity index (χ1) is 14.5. The Labute approximate surface area is 181 Å². The van der Waals surface area contributed by atoms with E-state index < -0.39 is 27.9 Å². The lowest BCUT2D eigenvalue weighted by Crippen LogP contribution is -2.30. The molecule has 0 unspecified atom stereocenters. The van der Waals surface area contributed by atoms with E-state index in [4.69, 9.17) is 18.2 Å². The van der Waals surface area contributed by atoms with Crippen LogP contribution in [0.25, 0.3) is 0 Å². The number of amides is 1. The highest BCUT2D eigenvalue weighted by molar-refractivity contribution is 7.82. The number of aliphatic hydroxyl groups excluding tert-OH is 1. The van der Waals surface area contributed by atoms with Crippen molar-refractivity contribution in [2.45, 2.75) is 33.3 Å².